The van der Waals surface area contributed by atoms with Gasteiger partial charge in [-0.15, -0.1) is 0 Å². The van der Waals surface area contributed by atoms with E-state index < -0.39 is 35.3 Å². The van der Waals surface area contributed by atoms with Gasteiger partial charge in [0.2, 0.25) is 0 Å². The topological polar surface area (TPSA) is 178 Å². The highest BCUT2D eigenvalue weighted by molar-refractivity contribution is 5.98. The van der Waals surface area contributed by atoms with Crippen molar-refractivity contribution in [3.05, 3.63) is 56.9 Å². The molecule has 0 saturated carbocycles. The molecule has 1 fully saturated rings. The second-order valence-corrected chi connectivity index (χ2v) is 13.4. The van der Waals surface area contributed by atoms with Gasteiger partial charge in [0.1, 0.15) is 11.4 Å². The summed E-state index contributed by atoms with van der Waals surface area (Å²) in [6.45, 7) is 7.98. The monoisotopic (exact) mass is 677 g/mol. The van der Waals surface area contributed by atoms with Crippen molar-refractivity contribution in [2.45, 2.75) is 91.3 Å². The minimum absolute atomic E-state index is 0.101. The van der Waals surface area contributed by atoms with Crippen LogP contribution in [-0.2, 0) is 44.2 Å². The Morgan fingerprint density at radius 1 is 1.12 bits per heavy atom. The van der Waals surface area contributed by atoms with Crippen LogP contribution >= 0.6 is 0 Å². The number of carboxylic acids is 1. The molecule has 49 heavy (non-hydrogen) atoms. The van der Waals surface area contributed by atoms with Gasteiger partial charge >= 0.3 is 18.0 Å². The largest absolute Gasteiger partial charge is 0.480 e. The van der Waals surface area contributed by atoms with Crippen LogP contribution < -0.4 is 10.3 Å². The summed E-state index contributed by atoms with van der Waals surface area (Å²) in [4.78, 5) is 57.6. The van der Waals surface area contributed by atoms with E-state index in [-0.39, 0.29) is 37.5 Å². The molecule has 3 aliphatic rings. The van der Waals surface area contributed by atoms with Crippen molar-refractivity contribution >= 4 is 28.9 Å². The van der Waals surface area contributed by atoms with Gasteiger partial charge in [-0.25, -0.2) is 9.78 Å². The number of hydrogen-bond donors (Lipinski definition) is 3. The lowest BCUT2D eigenvalue weighted by molar-refractivity contribution is -0.236. The predicted molar refractivity (Wildman–Crippen MR) is 177 cm³/mol. The summed E-state index contributed by atoms with van der Waals surface area (Å²) in [5.41, 5.74) is 0.805. The summed E-state index contributed by atoms with van der Waals surface area (Å²) >= 11 is 0. The quantitative estimate of drug-likeness (QED) is 0.172. The van der Waals surface area contributed by atoms with Crippen molar-refractivity contribution in [1.82, 2.24) is 14.5 Å². The van der Waals surface area contributed by atoms with E-state index in [1.165, 1.54) is 6.92 Å². The number of carbonyl (C=O) groups excluding carboxylic acids is 2. The van der Waals surface area contributed by atoms with Crippen LogP contribution in [0.1, 0.15) is 82.1 Å². The molecule has 0 bridgehead atoms. The molecule has 262 valence electrons. The zero-order chi connectivity index (χ0) is 35.2. The van der Waals surface area contributed by atoms with E-state index in [9.17, 15) is 34.5 Å². The Morgan fingerprint density at radius 3 is 2.51 bits per heavy atom. The van der Waals surface area contributed by atoms with E-state index >= 15 is 0 Å². The lowest BCUT2D eigenvalue weighted by atomic mass is 9.80. The fourth-order valence-corrected chi connectivity index (χ4v) is 7.37. The van der Waals surface area contributed by atoms with Crippen LogP contribution in [0, 0.1) is 11.3 Å². The molecular weight excluding hydrogens is 634 g/mol. The summed E-state index contributed by atoms with van der Waals surface area (Å²) in [5, 5.41) is 32.2. The molecule has 3 aromatic rings. The highest BCUT2D eigenvalue weighted by atomic mass is 16.6. The van der Waals surface area contributed by atoms with Crippen molar-refractivity contribution in [2.75, 3.05) is 19.7 Å². The molecule has 6 rings (SSSR count). The number of amides is 1. The predicted octanol–water partition coefficient (Wildman–Crippen LogP) is 4.08. The van der Waals surface area contributed by atoms with E-state index in [1.807, 2.05) is 6.92 Å². The molecule has 2 aromatic heterocycles. The van der Waals surface area contributed by atoms with Crippen molar-refractivity contribution in [1.29, 1.82) is 0 Å². The Labute approximate surface area is 283 Å². The van der Waals surface area contributed by atoms with E-state index in [4.69, 9.17) is 19.2 Å². The van der Waals surface area contributed by atoms with Gasteiger partial charge in [-0.2, -0.15) is 0 Å². The number of esters is 1. The molecule has 0 radical (unpaired) electrons. The average molecular weight is 678 g/mol. The first-order valence-corrected chi connectivity index (χ1v) is 17.0. The van der Waals surface area contributed by atoms with Crippen molar-refractivity contribution in [3.63, 3.8) is 0 Å². The third-order valence-corrected chi connectivity index (χ3v) is 10.6. The summed E-state index contributed by atoms with van der Waals surface area (Å²) < 4.78 is 17.8. The molecule has 1 aromatic carbocycles. The van der Waals surface area contributed by atoms with E-state index in [0.717, 1.165) is 16.5 Å². The number of carbonyl (C=O) groups is 3. The summed E-state index contributed by atoms with van der Waals surface area (Å²) in [7, 11) is 0. The van der Waals surface area contributed by atoms with Crippen molar-refractivity contribution < 1.29 is 43.9 Å². The van der Waals surface area contributed by atoms with Crippen molar-refractivity contribution in [2.24, 2.45) is 11.3 Å². The maximum absolute atomic E-state index is 13.6. The minimum Gasteiger partial charge on any atom is -0.480 e. The number of ether oxygens (including phenoxy) is 3. The Balaban J connectivity index is 1.18. The van der Waals surface area contributed by atoms with E-state index in [0.29, 0.717) is 79.1 Å². The number of hydrogen-bond acceptors (Lipinski definition) is 10. The Bertz CT molecular complexity index is 1880. The Hall–Kier alpha value is -4.33. The number of aromatic nitrogens is 2. The second-order valence-electron chi connectivity index (χ2n) is 13.4. The lowest BCUT2D eigenvalue weighted by Crippen LogP contribution is -2.47. The fraction of sp³-hybridized carbons (Fsp3) is 0.528. The molecule has 1 amide bonds. The maximum Gasteiger partial charge on any atom is 0.415 e. The molecule has 3 atom stereocenters. The smallest absolute Gasteiger partial charge is 0.415 e. The number of nitrogens with zero attached hydrogens (tertiary/aromatic N) is 3. The molecule has 1 saturated heterocycles. The van der Waals surface area contributed by atoms with E-state index in [2.05, 4.69) is 0 Å². The number of benzene rings is 1. The lowest BCUT2D eigenvalue weighted by Gasteiger charge is -2.37. The number of aryl methyl sites for hydroxylation is 1. The normalized spacial score (nSPS) is 21.4. The fourth-order valence-electron chi connectivity index (χ4n) is 7.37. The van der Waals surface area contributed by atoms with Crippen LogP contribution in [0.25, 0.3) is 22.3 Å². The van der Waals surface area contributed by atoms with Crippen LogP contribution in [0.2, 0.25) is 0 Å². The molecule has 3 N–H and O–H groups in total. The number of rotatable bonds is 9. The summed E-state index contributed by atoms with van der Waals surface area (Å²) in [6.07, 6.45) is 0.860. The number of aliphatic hydroxyl groups is 2. The number of carboxylic acid groups (broad SMARTS) is 1. The SMILES string of the molecule is CCOC(=O)[C@](C)(CCC1CCN(C(=O)Oc2ccc3nc4c(c(CC)c3c2)Cn2c-4cc3c(c2=O)COC(O)C3(O)CC)CC1)C(=O)O. The molecule has 0 spiro atoms. The minimum atomic E-state index is -1.71. The van der Waals surface area contributed by atoms with Crippen molar-refractivity contribution in [3.8, 4) is 17.1 Å². The molecule has 13 nitrogen and oxygen atoms in total. The average Bonchev–Trinajstić information content (AvgIpc) is 3.46. The molecular formula is C36H43N3O10. The van der Waals surface area contributed by atoms with Crippen LogP contribution in [0.4, 0.5) is 4.79 Å². The maximum atomic E-state index is 13.6. The third kappa shape index (κ3) is 5.87. The van der Waals surface area contributed by atoms with Gasteiger partial charge < -0.3 is 39.0 Å². The van der Waals surface area contributed by atoms with Gasteiger partial charge in [0, 0.05) is 35.2 Å². The zero-order valence-corrected chi connectivity index (χ0v) is 28.3. The first-order chi connectivity index (χ1) is 23.4. The zero-order valence-electron chi connectivity index (χ0n) is 28.3. The number of likely N-dealkylation sites (tertiary alicyclic amines) is 1. The highest BCUT2D eigenvalue weighted by Crippen LogP contribution is 2.42. The summed E-state index contributed by atoms with van der Waals surface area (Å²) in [6, 6.07) is 7.02. The van der Waals surface area contributed by atoms with Crippen LogP contribution in [0.5, 0.6) is 5.75 Å². The van der Waals surface area contributed by atoms with Crippen LogP contribution in [0.3, 0.4) is 0 Å². The van der Waals surface area contributed by atoms with Gasteiger partial charge in [0.15, 0.2) is 11.7 Å². The molecule has 3 aliphatic heterocycles. The third-order valence-electron chi connectivity index (χ3n) is 10.6. The molecule has 13 heteroatoms. The second kappa shape index (κ2) is 13.2. The number of pyridine rings is 2. The standard InChI is InChI=1S/C36H43N3O10/c1-5-22-23-16-21(49-34(45)38-14-11-20(12-15-38)10-13-35(4,31(41)42)32(43)47-7-3)8-9-27(23)37-29-24(22)18-39-28(29)17-26-25(30(39)40)19-48-33(44)36(26,46)6-2/h8-9,16-17,20,33,44,46H,5-7,10-15,18-19H2,1-4H3,(H,41,42)/t33?,35-,36?/m1/s1. The van der Waals surface area contributed by atoms with Crippen LogP contribution in [-0.4, -0.2) is 73.8 Å². The van der Waals surface area contributed by atoms with Gasteiger partial charge in [-0.3, -0.25) is 14.4 Å². The van der Waals surface area contributed by atoms with Gasteiger partial charge in [0.25, 0.3) is 5.56 Å². The van der Waals surface area contributed by atoms with Gasteiger partial charge in [0.05, 0.1) is 36.7 Å². The number of aliphatic hydroxyl groups excluding tert-OH is 1. The molecule has 0 aliphatic carbocycles. The Morgan fingerprint density at radius 2 is 1.86 bits per heavy atom. The number of fused-ring (bicyclic) bond motifs is 5. The molecule has 5 heterocycles. The Kier molecular flexibility index (Phi) is 9.29. The number of piperidine rings is 1. The van der Waals surface area contributed by atoms with E-state index in [1.54, 1.807) is 47.6 Å². The van der Waals surface area contributed by atoms with Gasteiger partial charge in [-0.1, -0.05) is 13.8 Å². The summed E-state index contributed by atoms with van der Waals surface area (Å²) in [5.74, 6) is -1.41. The number of aliphatic carboxylic acids is 1. The highest BCUT2D eigenvalue weighted by Gasteiger charge is 2.45. The molecule has 2 unspecified atom stereocenters. The van der Waals surface area contributed by atoms with Crippen LogP contribution in [0.15, 0.2) is 29.1 Å². The first-order valence-electron chi connectivity index (χ1n) is 17.0. The van der Waals surface area contributed by atoms with Gasteiger partial charge in [-0.05, 0) is 88.1 Å². The first kappa shape index (κ1) is 34.5.